The molecule has 0 spiro atoms. The van der Waals surface area contributed by atoms with Gasteiger partial charge in [0.25, 0.3) is 0 Å². The predicted molar refractivity (Wildman–Crippen MR) is 122 cm³/mol. The zero-order valence-electron chi connectivity index (χ0n) is 18.1. The van der Waals surface area contributed by atoms with Crippen molar-refractivity contribution < 1.29 is 19.1 Å². The van der Waals surface area contributed by atoms with Gasteiger partial charge in [-0.2, -0.15) is 0 Å². The molecule has 2 heterocycles. The Hall–Kier alpha value is -3.53. The number of hydrogen-bond acceptors (Lipinski definition) is 7. The maximum atomic E-state index is 11.5. The van der Waals surface area contributed by atoms with Crippen molar-refractivity contribution in [3.05, 3.63) is 60.2 Å². The Labute approximate surface area is 189 Å². The van der Waals surface area contributed by atoms with E-state index in [-0.39, 0.29) is 32.3 Å². The number of amides is 3. The van der Waals surface area contributed by atoms with Gasteiger partial charge < -0.3 is 26.4 Å². The van der Waals surface area contributed by atoms with Gasteiger partial charge in [0.05, 0.1) is 6.54 Å². The summed E-state index contributed by atoms with van der Waals surface area (Å²) in [4.78, 5) is 41.4. The first-order valence-electron chi connectivity index (χ1n) is 9.67. The van der Waals surface area contributed by atoms with E-state index in [1.807, 2.05) is 18.2 Å². The van der Waals surface area contributed by atoms with Crippen molar-refractivity contribution in [2.45, 2.75) is 46.9 Å². The molecule has 0 radical (unpaired) electrons. The second-order valence-corrected chi connectivity index (χ2v) is 7.34. The largest absolute Gasteiger partial charge is 0.444 e. The summed E-state index contributed by atoms with van der Waals surface area (Å²) in [6.07, 6.45) is 6.12. The van der Waals surface area contributed by atoms with Gasteiger partial charge in [0.15, 0.2) is 0 Å². The Bertz CT molecular complexity index is 810. The first-order chi connectivity index (χ1) is 14.7. The number of ether oxygens (including phenoxy) is 1. The Morgan fingerprint density at radius 3 is 1.81 bits per heavy atom. The molecule has 0 aromatic carbocycles. The van der Waals surface area contributed by atoms with E-state index in [1.165, 1.54) is 0 Å². The number of nitrogens with two attached hydrogens (primary N) is 1. The van der Waals surface area contributed by atoms with Crippen LogP contribution in [0.5, 0.6) is 0 Å². The number of pyridine rings is 2. The smallest absolute Gasteiger partial charge is 0.408 e. The fourth-order valence-electron chi connectivity index (χ4n) is 2.01. The van der Waals surface area contributed by atoms with E-state index < -0.39 is 11.7 Å². The van der Waals surface area contributed by atoms with Crippen LogP contribution in [0.1, 0.15) is 39.3 Å². The SMILES string of the molecule is C.CC(C)(C)OC(=O)NCC(=O)NCc1cccnc1.NCC(=O)NCc1cccnc1. The quantitative estimate of drug-likeness (QED) is 0.504. The number of rotatable bonds is 7. The molecule has 3 amide bonds. The van der Waals surface area contributed by atoms with Crippen LogP contribution in [0.3, 0.4) is 0 Å². The molecule has 0 saturated heterocycles. The fraction of sp³-hybridized carbons (Fsp3) is 0.409. The Morgan fingerprint density at radius 2 is 1.41 bits per heavy atom. The third-order valence-electron chi connectivity index (χ3n) is 3.40. The Morgan fingerprint density at radius 1 is 0.906 bits per heavy atom. The van der Waals surface area contributed by atoms with Gasteiger partial charge in [-0.3, -0.25) is 19.6 Å². The topological polar surface area (TPSA) is 148 Å². The number of hydrogen-bond donors (Lipinski definition) is 4. The monoisotopic (exact) mass is 446 g/mol. The van der Waals surface area contributed by atoms with Crippen molar-refractivity contribution in [2.24, 2.45) is 5.73 Å². The molecule has 0 aliphatic rings. The van der Waals surface area contributed by atoms with Gasteiger partial charge in [0, 0.05) is 37.9 Å². The standard InChI is InChI=1S/C13H19N3O3.C8H11N3O.CH4/c1-13(2,3)19-12(18)16-9-11(17)15-8-10-5-4-6-14-7-10;9-4-8(12)11-6-7-2-1-3-10-5-7;/h4-7H,8-9H2,1-3H3,(H,15,17)(H,16,18);1-3,5H,4,6,9H2,(H,11,12);1H4. The minimum Gasteiger partial charge on any atom is -0.444 e. The molecule has 2 rings (SSSR count). The summed E-state index contributed by atoms with van der Waals surface area (Å²) >= 11 is 0. The molecular weight excluding hydrogens is 412 g/mol. The Kier molecular flexibility index (Phi) is 13.6. The minimum absolute atomic E-state index is 0. The van der Waals surface area contributed by atoms with Crippen LogP contribution in [0.25, 0.3) is 0 Å². The summed E-state index contributed by atoms with van der Waals surface area (Å²) in [5.74, 6) is -0.437. The molecule has 0 unspecified atom stereocenters. The van der Waals surface area contributed by atoms with E-state index in [4.69, 9.17) is 10.5 Å². The minimum atomic E-state index is -0.607. The van der Waals surface area contributed by atoms with Crippen molar-refractivity contribution >= 4 is 17.9 Å². The average molecular weight is 447 g/mol. The molecule has 0 aliphatic heterocycles. The van der Waals surface area contributed by atoms with E-state index in [1.54, 1.807) is 51.6 Å². The highest BCUT2D eigenvalue weighted by Gasteiger charge is 2.16. The van der Waals surface area contributed by atoms with Crippen LogP contribution in [-0.2, 0) is 27.4 Å². The summed E-state index contributed by atoms with van der Waals surface area (Å²) in [5.41, 5.74) is 6.40. The second-order valence-electron chi connectivity index (χ2n) is 7.34. The van der Waals surface area contributed by atoms with Crippen LogP contribution in [0.15, 0.2) is 49.1 Å². The summed E-state index contributed by atoms with van der Waals surface area (Å²) in [6, 6.07) is 7.36. The summed E-state index contributed by atoms with van der Waals surface area (Å²) in [6.45, 7) is 6.06. The molecule has 0 fully saturated rings. The number of aromatic nitrogens is 2. The number of carbonyl (C=O) groups is 3. The zero-order chi connectivity index (χ0) is 23.1. The highest BCUT2D eigenvalue weighted by Crippen LogP contribution is 2.06. The molecule has 0 saturated carbocycles. The van der Waals surface area contributed by atoms with Crippen molar-refractivity contribution in [1.29, 1.82) is 0 Å². The van der Waals surface area contributed by atoms with Gasteiger partial charge in [0.1, 0.15) is 12.1 Å². The molecule has 0 atom stereocenters. The lowest BCUT2D eigenvalue weighted by molar-refractivity contribution is -0.121. The van der Waals surface area contributed by atoms with Crippen molar-refractivity contribution in [2.75, 3.05) is 13.1 Å². The number of carbonyl (C=O) groups excluding carboxylic acids is 3. The van der Waals surface area contributed by atoms with Gasteiger partial charge in [-0.25, -0.2) is 4.79 Å². The van der Waals surface area contributed by atoms with E-state index >= 15 is 0 Å². The first kappa shape index (κ1) is 28.5. The molecule has 2 aromatic rings. The molecule has 0 bridgehead atoms. The molecule has 10 heteroatoms. The van der Waals surface area contributed by atoms with Crippen LogP contribution >= 0.6 is 0 Å². The fourth-order valence-corrected chi connectivity index (χ4v) is 2.01. The molecule has 5 N–H and O–H groups in total. The van der Waals surface area contributed by atoms with Gasteiger partial charge >= 0.3 is 6.09 Å². The van der Waals surface area contributed by atoms with Crippen molar-refractivity contribution in [3.8, 4) is 0 Å². The third kappa shape index (κ3) is 14.5. The first-order valence-corrected chi connectivity index (χ1v) is 9.67. The number of alkyl carbamates (subject to hydrolysis) is 1. The van der Waals surface area contributed by atoms with Crippen LogP contribution in [0.2, 0.25) is 0 Å². The zero-order valence-corrected chi connectivity index (χ0v) is 18.1. The van der Waals surface area contributed by atoms with Gasteiger partial charge in [-0.15, -0.1) is 0 Å². The third-order valence-corrected chi connectivity index (χ3v) is 3.40. The number of nitrogens with zero attached hydrogens (tertiary/aromatic N) is 2. The van der Waals surface area contributed by atoms with Gasteiger partial charge in [-0.05, 0) is 44.0 Å². The van der Waals surface area contributed by atoms with Gasteiger partial charge in [-0.1, -0.05) is 19.6 Å². The molecular formula is C22H34N6O4. The average Bonchev–Trinajstić information content (AvgIpc) is 2.75. The van der Waals surface area contributed by atoms with E-state index in [0.717, 1.165) is 11.1 Å². The summed E-state index contributed by atoms with van der Waals surface area (Å²) in [7, 11) is 0. The van der Waals surface area contributed by atoms with Crippen LogP contribution in [-0.4, -0.2) is 46.6 Å². The molecule has 0 aliphatic carbocycles. The molecule has 2 aromatic heterocycles. The molecule has 176 valence electrons. The normalized spacial score (nSPS) is 9.88. The second kappa shape index (κ2) is 15.3. The molecule has 10 nitrogen and oxygen atoms in total. The lowest BCUT2D eigenvalue weighted by atomic mass is 10.2. The summed E-state index contributed by atoms with van der Waals surface area (Å²) < 4.78 is 5.01. The van der Waals surface area contributed by atoms with Crippen LogP contribution in [0.4, 0.5) is 4.79 Å². The lowest BCUT2D eigenvalue weighted by Gasteiger charge is -2.19. The molecule has 32 heavy (non-hydrogen) atoms. The van der Waals surface area contributed by atoms with Crippen molar-refractivity contribution in [1.82, 2.24) is 25.9 Å². The maximum Gasteiger partial charge on any atom is 0.408 e. The van der Waals surface area contributed by atoms with E-state index in [9.17, 15) is 14.4 Å². The number of nitrogens with one attached hydrogen (secondary N) is 3. The van der Waals surface area contributed by atoms with E-state index in [2.05, 4.69) is 25.9 Å². The lowest BCUT2D eigenvalue weighted by Crippen LogP contribution is -2.39. The maximum absolute atomic E-state index is 11.5. The van der Waals surface area contributed by atoms with Crippen molar-refractivity contribution in [3.63, 3.8) is 0 Å². The summed E-state index contributed by atoms with van der Waals surface area (Å²) in [5, 5.41) is 7.70. The Balaban J connectivity index is 0.000000639. The van der Waals surface area contributed by atoms with E-state index in [0.29, 0.717) is 13.1 Å². The predicted octanol–water partition coefficient (Wildman–Crippen LogP) is 1.52. The van der Waals surface area contributed by atoms with Crippen LogP contribution < -0.4 is 21.7 Å². The van der Waals surface area contributed by atoms with Gasteiger partial charge in [0.2, 0.25) is 11.8 Å². The van der Waals surface area contributed by atoms with Crippen LogP contribution in [0, 0.1) is 0 Å². The highest BCUT2D eigenvalue weighted by molar-refractivity contribution is 5.82. The highest BCUT2D eigenvalue weighted by atomic mass is 16.6.